The van der Waals surface area contributed by atoms with Crippen molar-refractivity contribution < 1.29 is 13.5 Å². The third-order valence-electron chi connectivity index (χ3n) is 12.1. The van der Waals surface area contributed by atoms with Crippen LogP contribution in [0.4, 0.5) is 0 Å². The van der Waals surface area contributed by atoms with Gasteiger partial charge in [0.1, 0.15) is 0 Å². The van der Waals surface area contributed by atoms with Gasteiger partial charge in [-0.2, -0.15) is 0 Å². The van der Waals surface area contributed by atoms with Crippen LogP contribution < -0.4 is 0 Å². The molecule has 3 nitrogen and oxygen atoms in total. The van der Waals surface area contributed by atoms with Gasteiger partial charge in [0, 0.05) is 0 Å². The van der Waals surface area contributed by atoms with E-state index in [1.54, 1.807) is 12.1 Å². The van der Waals surface area contributed by atoms with Crippen LogP contribution in [-0.2, 0) is 9.84 Å². The van der Waals surface area contributed by atoms with Crippen molar-refractivity contribution in [2.45, 2.75) is 103 Å². The Bertz CT molecular complexity index is 1020. The lowest BCUT2D eigenvalue weighted by Crippen LogP contribution is -2.56. The molecule has 0 aromatic heterocycles. The minimum absolute atomic E-state index is 0.176. The van der Waals surface area contributed by atoms with E-state index in [0.717, 1.165) is 31.1 Å². The summed E-state index contributed by atoms with van der Waals surface area (Å²) in [5, 5.41) is 11.1. The van der Waals surface area contributed by atoms with Crippen LogP contribution in [0.25, 0.3) is 0 Å². The minimum atomic E-state index is -3.27. The average Bonchev–Trinajstić information content (AvgIpc) is 3.11. The minimum Gasteiger partial charge on any atom is -0.390 e. The van der Waals surface area contributed by atoms with E-state index in [2.05, 4.69) is 34.6 Å². The van der Waals surface area contributed by atoms with E-state index in [-0.39, 0.29) is 17.1 Å². The van der Waals surface area contributed by atoms with Crippen molar-refractivity contribution in [1.82, 2.24) is 0 Å². The molecule has 0 heterocycles. The van der Waals surface area contributed by atoms with Crippen molar-refractivity contribution in [1.29, 1.82) is 0 Å². The second-order valence-electron chi connectivity index (χ2n) is 13.8. The fourth-order valence-corrected chi connectivity index (χ4v) is 12.0. The molecule has 0 amide bonds. The van der Waals surface area contributed by atoms with Gasteiger partial charge in [-0.3, -0.25) is 0 Å². The molecule has 4 saturated carbocycles. The number of aliphatic hydroxyl groups is 1. The molecule has 1 aromatic rings. The molecule has 0 radical (unpaired) electrons. The van der Waals surface area contributed by atoms with Gasteiger partial charge in [0.25, 0.3) is 0 Å². The van der Waals surface area contributed by atoms with Gasteiger partial charge in [-0.15, -0.1) is 0 Å². The largest absolute Gasteiger partial charge is 0.390 e. The predicted octanol–water partition coefficient (Wildman–Crippen LogP) is 7.14. The molecule has 196 valence electrons. The molecular weight excluding hydrogens is 452 g/mol. The van der Waals surface area contributed by atoms with Gasteiger partial charge < -0.3 is 5.11 Å². The molecular formula is C31H48O3S. The van der Waals surface area contributed by atoms with Gasteiger partial charge in [-0.1, -0.05) is 52.8 Å². The van der Waals surface area contributed by atoms with Crippen LogP contribution in [0.5, 0.6) is 0 Å². The van der Waals surface area contributed by atoms with E-state index in [1.807, 2.05) is 18.2 Å². The van der Waals surface area contributed by atoms with Crippen LogP contribution in [0.3, 0.4) is 0 Å². The highest BCUT2D eigenvalue weighted by Gasteiger charge is 2.63. The van der Waals surface area contributed by atoms with Crippen LogP contribution in [0.2, 0.25) is 0 Å². The lowest BCUT2D eigenvalue weighted by molar-refractivity contribution is -0.156. The van der Waals surface area contributed by atoms with E-state index < -0.39 is 15.4 Å². The summed E-state index contributed by atoms with van der Waals surface area (Å²) in [7, 11) is -3.27. The maximum Gasteiger partial charge on any atom is 0.178 e. The molecule has 4 heteroatoms. The molecule has 1 N–H and O–H groups in total. The zero-order valence-electron chi connectivity index (χ0n) is 22.7. The fraction of sp³-hybridized carbons (Fsp3) is 0.806. The second-order valence-corrected chi connectivity index (χ2v) is 15.8. The molecule has 10 atom stereocenters. The van der Waals surface area contributed by atoms with E-state index in [4.69, 9.17) is 0 Å². The normalized spacial score (nSPS) is 46.3. The van der Waals surface area contributed by atoms with Gasteiger partial charge in [-0.05, 0) is 122 Å². The quantitative estimate of drug-likeness (QED) is 0.467. The Kier molecular flexibility index (Phi) is 6.52. The molecule has 35 heavy (non-hydrogen) atoms. The zero-order chi connectivity index (χ0) is 25.2. The molecule has 0 spiro atoms. The van der Waals surface area contributed by atoms with Crippen LogP contribution >= 0.6 is 0 Å². The third kappa shape index (κ3) is 4.13. The van der Waals surface area contributed by atoms with Crippen LogP contribution in [0, 0.1) is 52.3 Å². The molecule has 4 aliphatic rings. The van der Waals surface area contributed by atoms with E-state index >= 15 is 0 Å². The molecule has 1 aromatic carbocycles. The van der Waals surface area contributed by atoms with Crippen molar-refractivity contribution >= 4 is 9.84 Å². The first kappa shape index (κ1) is 25.8. The maximum atomic E-state index is 13.2. The summed E-state index contributed by atoms with van der Waals surface area (Å²) in [5.41, 5.74) is 0.172. The number of rotatable bonds is 5. The first-order chi connectivity index (χ1) is 16.4. The highest BCUT2D eigenvalue weighted by atomic mass is 32.2. The Morgan fingerprint density at radius 2 is 1.74 bits per heavy atom. The van der Waals surface area contributed by atoms with Gasteiger partial charge in [0.15, 0.2) is 9.84 Å². The highest BCUT2D eigenvalue weighted by Crippen LogP contribution is 2.70. The van der Waals surface area contributed by atoms with Crippen LogP contribution in [0.15, 0.2) is 35.2 Å². The fourth-order valence-electron chi connectivity index (χ4n) is 10.3. The van der Waals surface area contributed by atoms with Crippen molar-refractivity contribution in [3.8, 4) is 0 Å². The van der Waals surface area contributed by atoms with E-state index in [9.17, 15) is 13.5 Å². The summed E-state index contributed by atoms with van der Waals surface area (Å²) < 4.78 is 26.5. The summed E-state index contributed by atoms with van der Waals surface area (Å²) in [6.45, 7) is 11.9. The Morgan fingerprint density at radius 3 is 2.43 bits per heavy atom. The number of benzene rings is 1. The molecule has 4 aliphatic carbocycles. The average molecular weight is 501 g/mol. The van der Waals surface area contributed by atoms with Crippen molar-refractivity contribution in [3.05, 3.63) is 30.3 Å². The first-order valence-electron chi connectivity index (χ1n) is 14.4. The van der Waals surface area contributed by atoms with E-state index in [0.29, 0.717) is 34.0 Å². The van der Waals surface area contributed by atoms with Crippen molar-refractivity contribution in [3.63, 3.8) is 0 Å². The summed E-state index contributed by atoms with van der Waals surface area (Å²) in [4.78, 5) is 0.471. The van der Waals surface area contributed by atoms with E-state index in [1.165, 1.54) is 38.5 Å². The molecule has 5 rings (SSSR count). The molecule has 0 bridgehead atoms. The van der Waals surface area contributed by atoms with Gasteiger partial charge in [0.05, 0.1) is 16.2 Å². The number of hydrogen-bond donors (Lipinski definition) is 1. The van der Waals surface area contributed by atoms with Crippen LogP contribution in [0.1, 0.15) is 92.4 Å². The highest BCUT2D eigenvalue weighted by molar-refractivity contribution is 7.91. The standard InChI is InChI=1S/C31H48O3S/c1-6-31(32)17-16-29(4)23(19-31)12-13-25-26(29)14-15-30(5)27(18-21(2)28(25)30)22(3)20-35(33,34)24-10-8-7-9-11-24/h7-11,21-23,25-28,32H,6,12-20H2,1-5H3/t21-,22-,23+,25-,26+,27-,28+,29+,30-,31+/m1/s1. The maximum absolute atomic E-state index is 13.2. The molecule has 4 fully saturated rings. The Labute approximate surface area is 214 Å². The van der Waals surface area contributed by atoms with Gasteiger partial charge >= 0.3 is 0 Å². The SMILES string of the molecule is CC[C@]1(O)CC[C@@]2(C)[C@@H](CC[C@H]3[C@@H]4[C@H](C)C[C@H]([C@H](C)CS(=O)(=O)c5ccccc5)[C@@]4(C)CC[C@@H]32)C1. The molecule has 0 aliphatic heterocycles. The smallest absolute Gasteiger partial charge is 0.178 e. The monoisotopic (exact) mass is 500 g/mol. The molecule has 0 unspecified atom stereocenters. The van der Waals surface area contributed by atoms with Gasteiger partial charge in [-0.25, -0.2) is 8.42 Å². The summed E-state index contributed by atoms with van der Waals surface area (Å²) >= 11 is 0. The third-order valence-corrected chi connectivity index (χ3v) is 14.1. The van der Waals surface area contributed by atoms with Crippen molar-refractivity contribution in [2.24, 2.45) is 52.3 Å². The second kappa shape index (κ2) is 8.86. The summed E-state index contributed by atoms with van der Waals surface area (Å²) in [5.74, 6) is 4.48. The number of fused-ring (bicyclic) bond motifs is 5. The van der Waals surface area contributed by atoms with Crippen LogP contribution in [-0.4, -0.2) is 24.9 Å². The Morgan fingerprint density at radius 1 is 1.03 bits per heavy atom. The predicted molar refractivity (Wildman–Crippen MR) is 143 cm³/mol. The van der Waals surface area contributed by atoms with Crippen molar-refractivity contribution in [2.75, 3.05) is 5.75 Å². The summed E-state index contributed by atoms with van der Waals surface area (Å²) in [6.07, 6.45) is 10.3. The summed E-state index contributed by atoms with van der Waals surface area (Å²) in [6, 6.07) is 9.04. The topological polar surface area (TPSA) is 54.4 Å². The Balaban J connectivity index is 1.36. The molecule has 0 saturated heterocycles. The lowest BCUT2D eigenvalue weighted by atomic mass is 9.43. The number of sulfone groups is 1. The zero-order valence-corrected chi connectivity index (χ0v) is 23.5. The lowest BCUT2D eigenvalue weighted by Gasteiger charge is -2.62. The van der Waals surface area contributed by atoms with Gasteiger partial charge in [0.2, 0.25) is 0 Å². The first-order valence-corrected chi connectivity index (χ1v) is 16.1. The number of hydrogen-bond acceptors (Lipinski definition) is 3. The Hall–Kier alpha value is -0.870.